The fraction of sp³-hybridized carbons (Fsp3) is 0.467. The van der Waals surface area contributed by atoms with E-state index >= 15 is 0 Å². The number of nitrogens with zero attached hydrogens (tertiary/aromatic N) is 2. The summed E-state index contributed by atoms with van der Waals surface area (Å²) in [4.78, 5) is 4.37. The molecule has 0 saturated carbocycles. The summed E-state index contributed by atoms with van der Waals surface area (Å²) < 4.78 is 5.18. The van der Waals surface area contributed by atoms with Crippen molar-refractivity contribution in [1.29, 1.82) is 0 Å². The molecule has 0 saturated heterocycles. The molecule has 1 heterocycles. The van der Waals surface area contributed by atoms with Crippen molar-refractivity contribution in [3.8, 4) is 0 Å². The van der Waals surface area contributed by atoms with Gasteiger partial charge < -0.3 is 15.4 Å². The van der Waals surface area contributed by atoms with E-state index in [9.17, 15) is 5.11 Å². The Morgan fingerprint density at radius 3 is 2.85 bits per heavy atom. The lowest BCUT2D eigenvalue weighted by Gasteiger charge is -2.21. The highest BCUT2D eigenvalue weighted by Crippen LogP contribution is 2.31. The quantitative estimate of drug-likeness (QED) is 0.889. The van der Waals surface area contributed by atoms with E-state index < -0.39 is 12.1 Å². The first-order valence-corrected chi connectivity index (χ1v) is 6.99. The first-order valence-electron chi connectivity index (χ1n) is 6.99. The third-order valence-electron chi connectivity index (χ3n) is 3.97. The molecule has 3 unspecified atom stereocenters. The van der Waals surface area contributed by atoms with Crippen molar-refractivity contribution in [2.45, 2.75) is 44.2 Å². The van der Waals surface area contributed by atoms with E-state index in [2.05, 4.69) is 34.4 Å². The maximum Gasteiger partial charge on any atom is 0.246 e. The second-order valence-electron chi connectivity index (χ2n) is 5.47. The molecule has 5 heteroatoms. The molecule has 20 heavy (non-hydrogen) atoms. The molecule has 0 radical (unpaired) electrons. The Kier molecular flexibility index (Phi) is 3.54. The number of fused-ring (bicyclic) bond motifs is 1. The Hall–Kier alpha value is -1.72. The molecule has 0 aliphatic heterocycles. The number of hydrogen-bond acceptors (Lipinski definition) is 5. The van der Waals surface area contributed by atoms with Crippen LogP contribution < -0.4 is 5.73 Å². The highest BCUT2D eigenvalue weighted by atomic mass is 16.5. The maximum atomic E-state index is 9.47. The number of benzene rings is 1. The zero-order valence-electron chi connectivity index (χ0n) is 11.5. The molecule has 106 valence electrons. The number of aromatic nitrogens is 2. The molecule has 1 aliphatic carbocycles. The van der Waals surface area contributed by atoms with Gasteiger partial charge in [0.05, 0.1) is 6.10 Å². The van der Waals surface area contributed by atoms with Crippen LogP contribution in [0.4, 0.5) is 0 Å². The molecule has 1 aromatic carbocycles. The van der Waals surface area contributed by atoms with Crippen molar-refractivity contribution in [3.05, 3.63) is 47.1 Å². The first-order chi connectivity index (χ1) is 9.65. The normalized spacial score (nSPS) is 21.2. The molecular weight excluding hydrogens is 254 g/mol. The van der Waals surface area contributed by atoms with Crippen LogP contribution in [0.3, 0.4) is 0 Å². The number of rotatable bonds is 3. The van der Waals surface area contributed by atoms with Gasteiger partial charge in [0.15, 0.2) is 5.82 Å². The summed E-state index contributed by atoms with van der Waals surface area (Å²) >= 11 is 0. The first kappa shape index (κ1) is 13.3. The third-order valence-corrected chi connectivity index (χ3v) is 3.97. The second-order valence-corrected chi connectivity index (χ2v) is 5.47. The Labute approximate surface area is 117 Å². The van der Waals surface area contributed by atoms with E-state index in [0.29, 0.717) is 11.7 Å². The molecule has 3 N–H and O–H groups in total. The SMILES string of the molecule is CC(O)C(N)c1nc(C2CCc3ccccc3C2)no1. The van der Waals surface area contributed by atoms with Crippen molar-refractivity contribution in [2.24, 2.45) is 5.73 Å². The summed E-state index contributed by atoms with van der Waals surface area (Å²) in [5.41, 5.74) is 8.58. The Balaban J connectivity index is 1.78. The van der Waals surface area contributed by atoms with Gasteiger partial charge in [-0.1, -0.05) is 29.4 Å². The Bertz CT molecular complexity index is 594. The van der Waals surface area contributed by atoms with Crippen LogP contribution in [0.5, 0.6) is 0 Å². The largest absolute Gasteiger partial charge is 0.391 e. The van der Waals surface area contributed by atoms with E-state index in [1.54, 1.807) is 6.92 Å². The average Bonchev–Trinajstić information content (AvgIpc) is 2.95. The fourth-order valence-electron chi connectivity index (χ4n) is 2.67. The minimum Gasteiger partial charge on any atom is -0.391 e. The van der Waals surface area contributed by atoms with Crippen LogP contribution in [0, 0.1) is 0 Å². The van der Waals surface area contributed by atoms with Gasteiger partial charge >= 0.3 is 0 Å². The molecular formula is C15H19N3O2. The van der Waals surface area contributed by atoms with Crippen molar-refractivity contribution in [1.82, 2.24) is 10.1 Å². The lowest BCUT2D eigenvalue weighted by Crippen LogP contribution is -2.23. The summed E-state index contributed by atoms with van der Waals surface area (Å²) in [6.07, 6.45) is 2.28. The molecule has 3 rings (SSSR count). The van der Waals surface area contributed by atoms with Gasteiger partial charge in [0.25, 0.3) is 0 Å². The maximum absolute atomic E-state index is 9.47. The number of aliphatic hydroxyl groups excluding tert-OH is 1. The van der Waals surface area contributed by atoms with Crippen LogP contribution in [0.15, 0.2) is 28.8 Å². The van der Waals surface area contributed by atoms with Gasteiger partial charge in [-0.05, 0) is 37.3 Å². The minimum atomic E-state index is -0.699. The van der Waals surface area contributed by atoms with Gasteiger partial charge in [0.1, 0.15) is 6.04 Å². The van der Waals surface area contributed by atoms with Crippen LogP contribution in [0.2, 0.25) is 0 Å². The third kappa shape index (κ3) is 2.46. The number of aliphatic hydroxyl groups is 1. The minimum absolute atomic E-state index is 0.267. The molecule has 3 atom stereocenters. The van der Waals surface area contributed by atoms with E-state index in [4.69, 9.17) is 10.3 Å². The van der Waals surface area contributed by atoms with Crippen molar-refractivity contribution in [2.75, 3.05) is 0 Å². The van der Waals surface area contributed by atoms with E-state index in [1.807, 2.05) is 0 Å². The molecule has 5 nitrogen and oxygen atoms in total. The fourth-order valence-corrected chi connectivity index (χ4v) is 2.67. The van der Waals surface area contributed by atoms with E-state index in [0.717, 1.165) is 19.3 Å². The Morgan fingerprint density at radius 2 is 2.10 bits per heavy atom. The molecule has 0 bridgehead atoms. The molecule has 2 aromatic rings. The number of nitrogens with two attached hydrogens (primary N) is 1. The van der Waals surface area contributed by atoms with Crippen LogP contribution in [0.25, 0.3) is 0 Å². The topological polar surface area (TPSA) is 85.2 Å². The molecule has 0 fully saturated rings. The summed E-state index contributed by atoms with van der Waals surface area (Å²) in [6.45, 7) is 1.62. The number of aryl methyl sites for hydroxylation is 1. The number of hydrogen-bond donors (Lipinski definition) is 2. The lowest BCUT2D eigenvalue weighted by atomic mass is 9.83. The average molecular weight is 273 g/mol. The standard InChI is InChI=1S/C15H19N3O2/c1-9(19)13(16)15-17-14(18-20-15)12-7-6-10-4-2-3-5-11(10)8-12/h2-5,9,12-13,19H,6-8,16H2,1H3. The monoisotopic (exact) mass is 273 g/mol. The molecule has 1 aromatic heterocycles. The summed E-state index contributed by atoms with van der Waals surface area (Å²) in [7, 11) is 0. The van der Waals surface area contributed by atoms with E-state index in [1.165, 1.54) is 11.1 Å². The van der Waals surface area contributed by atoms with Gasteiger partial charge in [0, 0.05) is 5.92 Å². The van der Waals surface area contributed by atoms with Gasteiger partial charge in [-0.2, -0.15) is 4.98 Å². The zero-order chi connectivity index (χ0) is 14.1. The molecule has 0 spiro atoms. The predicted molar refractivity (Wildman–Crippen MR) is 74.1 cm³/mol. The zero-order valence-corrected chi connectivity index (χ0v) is 11.5. The van der Waals surface area contributed by atoms with Crippen LogP contribution in [0.1, 0.15) is 48.1 Å². The predicted octanol–water partition coefficient (Wildman–Crippen LogP) is 1.72. The molecule has 1 aliphatic rings. The van der Waals surface area contributed by atoms with Crippen LogP contribution >= 0.6 is 0 Å². The summed E-state index contributed by atoms with van der Waals surface area (Å²) in [6, 6.07) is 7.85. The smallest absolute Gasteiger partial charge is 0.246 e. The van der Waals surface area contributed by atoms with Crippen molar-refractivity contribution >= 4 is 0 Å². The van der Waals surface area contributed by atoms with Gasteiger partial charge in [0.2, 0.25) is 5.89 Å². The van der Waals surface area contributed by atoms with E-state index in [-0.39, 0.29) is 5.92 Å². The van der Waals surface area contributed by atoms with Gasteiger partial charge in [-0.25, -0.2) is 0 Å². The summed E-state index contributed by atoms with van der Waals surface area (Å²) in [5, 5.41) is 13.5. The Morgan fingerprint density at radius 1 is 1.35 bits per heavy atom. The molecule has 0 amide bonds. The second kappa shape index (κ2) is 5.34. The van der Waals surface area contributed by atoms with Gasteiger partial charge in [-0.3, -0.25) is 0 Å². The van der Waals surface area contributed by atoms with Crippen LogP contribution in [-0.2, 0) is 12.8 Å². The van der Waals surface area contributed by atoms with Crippen molar-refractivity contribution in [3.63, 3.8) is 0 Å². The van der Waals surface area contributed by atoms with Crippen LogP contribution in [-0.4, -0.2) is 21.4 Å². The van der Waals surface area contributed by atoms with Gasteiger partial charge in [-0.15, -0.1) is 0 Å². The highest BCUT2D eigenvalue weighted by Gasteiger charge is 2.26. The summed E-state index contributed by atoms with van der Waals surface area (Å²) in [5.74, 6) is 1.28. The lowest BCUT2D eigenvalue weighted by molar-refractivity contribution is 0.146. The highest BCUT2D eigenvalue weighted by molar-refractivity contribution is 5.31. The van der Waals surface area contributed by atoms with Crippen molar-refractivity contribution < 1.29 is 9.63 Å².